The normalized spacial score (nSPS) is 20.3. The van der Waals surface area contributed by atoms with Gasteiger partial charge in [0.2, 0.25) is 0 Å². The number of likely N-dealkylation sites (tertiary alicyclic amines) is 1. The summed E-state index contributed by atoms with van der Waals surface area (Å²) in [5.41, 5.74) is 5.96. The first-order valence-electron chi connectivity index (χ1n) is 8.60. The van der Waals surface area contributed by atoms with Crippen LogP contribution in [0.15, 0.2) is 41.1 Å². The minimum absolute atomic E-state index is 0.886. The Balaban J connectivity index is 1.87. The monoisotopic (exact) mass is 310 g/mol. The van der Waals surface area contributed by atoms with Crippen molar-refractivity contribution in [3.05, 3.63) is 46.7 Å². The van der Waals surface area contributed by atoms with Crippen molar-refractivity contribution in [2.45, 2.75) is 32.1 Å². The van der Waals surface area contributed by atoms with Gasteiger partial charge in [0.05, 0.1) is 0 Å². The van der Waals surface area contributed by atoms with E-state index in [1.165, 1.54) is 41.8 Å². The molecular weight excluding hydrogens is 284 g/mol. The van der Waals surface area contributed by atoms with Gasteiger partial charge in [-0.05, 0) is 61.4 Å². The minimum Gasteiger partial charge on any atom is -0.378 e. The lowest BCUT2D eigenvalue weighted by Crippen LogP contribution is -2.29. The number of nitrogens with zero attached hydrogens (tertiary/aromatic N) is 2. The quantitative estimate of drug-likeness (QED) is 0.789. The summed E-state index contributed by atoms with van der Waals surface area (Å²) in [7, 11) is 4.11. The van der Waals surface area contributed by atoms with Crippen molar-refractivity contribution in [3.8, 4) is 0 Å². The van der Waals surface area contributed by atoms with E-state index < -0.39 is 0 Å². The highest BCUT2D eigenvalue weighted by Crippen LogP contribution is 2.35. The van der Waals surface area contributed by atoms with Crippen LogP contribution >= 0.6 is 0 Å². The number of hydrogen-bond donors (Lipinski definition) is 0. The number of carbonyl (C=O) groups is 1. The summed E-state index contributed by atoms with van der Waals surface area (Å²) in [6.07, 6.45) is 8.98. The fourth-order valence-corrected chi connectivity index (χ4v) is 3.56. The Morgan fingerprint density at radius 1 is 1.00 bits per heavy atom. The zero-order chi connectivity index (χ0) is 16.2. The van der Waals surface area contributed by atoms with Crippen LogP contribution in [0.2, 0.25) is 0 Å². The van der Waals surface area contributed by atoms with Crippen LogP contribution in [0, 0.1) is 0 Å². The molecule has 1 aromatic rings. The third-order valence-corrected chi connectivity index (χ3v) is 4.84. The molecule has 0 radical (unpaired) electrons. The number of benzene rings is 1. The largest absolute Gasteiger partial charge is 0.378 e. The second kappa shape index (κ2) is 7.03. The molecule has 23 heavy (non-hydrogen) atoms. The average Bonchev–Trinajstić information content (AvgIpc) is 2.99. The Bertz CT molecular complexity index is 620. The van der Waals surface area contributed by atoms with E-state index in [1.807, 2.05) is 0 Å². The van der Waals surface area contributed by atoms with E-state index >= 15 is 0 Å². The zero-order valence-electron chi connectivity index (χ0n) is 14.2. The molecule has 1 aromatic carbocycles. The van der Waals surface area contributed by atoms with Gasteiger partial charge >= 0.3 is 0 Å². The van der Waals surface area contributed by atoms with Gasteiger partial charge in [-0.15, -0.1) is 0 Å². The SMILES string of the molecule is CN(C)c1ccc(/C=C2\CCC(C=O)=C2N2CCCCC2)cc1. The molecule has 1 heterocycles. The van der Waals surface area contributed by atoms with Crippen molar-refractivity contribution in [3.63, 3.8) is 0 Å². The van der Waals surface area contributed by atoms with Gasteiger partial charge in [-0.25, -0.2) is 0 Å². The van der Waals surface area contributed by atoms with Crippen LogP contribution < -0.4 is 4.90 Å². The molecule has 0 N–H and O–H groups in total. The molecular formula is C20H26N2O. The molecule has 0 spiro atoms. The number of carbonyl (C=O) groups excluding carboxylic acids is 1. The van der Waals surface area contributed by atoms with Crippen molar-refractivity contribution in [1.29, 1.82) is 0 Å². The Morgan fingerprint density at radius 3 is 2.30 bits per heavy atom. The van der Waals surface area contributed by atoms with E-state index in [2.05, 4.69) is 54.2 Å². The van der Waals surface area contributed by atoms with Crippen LogP contribution in [-0.4, -0.2) is 38.4 Å². The molecule has 0 unspecified atom stereocenters. The molecule has 0 amide bonds. The maximum absolute atomic E-state index is 11.5. The summed E-state index contributed by atoms with van der Waals surface area (Å²) in [4.78, 5) is 16.0. The predicted molar refractivity (Wildman–Crippen MR) is 96.5 cm³/mol. The van der Waals surface area contributed by atoms with Crippen LogP contribution in [0.5, 0.6) is 0 Å². The molecule has 122 valence electrons. The number of hydrogen-bond acceptors (Lipinski definition) is 3. The van der Waals surface area contributed by atoms with Gasteiger partial charge in [-0.3, -0.25) is 4.79 Å². The number of anilines is 1. The van der Waals surface area contributed by atoms with Crippen LogP contribution in [0.3, 0.4) is 0 Å². The van der Waals surface area contributed by atoms with E-state index in [4.69, 9.17) is 0 Å². The van der Waals surface area contributed by atoms with Crippen LogP contribution in [-0.2, 0) is 4.79 Å². The molecule has 1 saturated heterocycles. The molecule has 0 bridgehead atoms. The minimum atomic E-state index is 0.886. The Kier molecular flexibility index (Phi) is 4.85. The van der Waals surface area contributed by atoms with Crippen molar-refractivity contribution in [2.75, 3.05) is 32.1 Å². The van der Waals surface area contributed by atoms with Gasteiger partial charge in [-0.2, -0.15) is 0 Å². The van der Waals surface area contributed by atoms with E-state index in [1.54, 1.807) is 0 Å². The fourth-order valence-electron chi connectivity index (χ4n) is 3.56. The summed E-state index contributed by atoms with van der Waals surface area (Å²) < 4.78 is 0. The van der Waals surface area contributed by atoms with Gasteiger partial charge in [0.15, 0.2) is 0 Å². The number of rotatable bonds is 4. The molecule has 0 aromatic heterocycles. The first-order valence-corrected chi connectivity index (χ1v) is 8.60. The van der Waals surface area contributed by atoms with E-state index in [0.717, 1.165) is 37.8 Å². The lowest BCUT2D eigenvalue weighted by atomic mass is 10.0. The first kappa shape index (κ1) is 15.9. The van der Waals surface area contributed by atoms with E-state index in [9.17, 15) is 4.79 Å². The van der Waals surface area contributed by atoms with Gasteiger partial charge in [-0.1, -0.05) is 12.1 Å². The second-order valence-electron chi connectivity index (χ2n) is 6.69. The summed E-state index contributed by atoms with van der Waals surface area (Å²) in [6, 6.07) is 8.61. The lowest BCUT2D eigenvalue weighted by Gasteiger charge is -2.31. The maximum Gasteiger partial charge on any atom is 0.148 e. The summed E-state index contributed by atoms with van der Waals surface area (Å²) in [6.45, 7) is 2.17. The molecule has 0 saturated carbocycles. The van der Waals surface area contributed by atoms with Crippen molar-refractivity contribution >= 4 is 18.0 Å². The predicted octanol–water partition coefficient (Wildman–Crippen LogP) is 3.87. The van der Waals surface area contributed by atoms with Gasteiger partial charge in [0.1, 0.15) is 6.29 Å². The lowest BCUT2D eigenvalue weighted by molar-refractivity contribution is -0.105. The molecule has 1 aliphatic heterocycles. The molecule has 1 aliphatic carbocycles. The second-order valence-corrected chi connectivity index (χ2v) is 6.69. The Hall–Kier alpha value is -2.03. The Labute approximate surface area is 139 Å². The smallest absolute Gasteiger partial charge is 0.148 e. The standard InChI is InChI=1S/C20H26N2O/c1-21(2)19-10-6-16(7-11-19)14-17-8-9-18(15-23)20(17)22-12-4-3-5-13-22/h6-7,10-11,14-15H,3-5,8-9,12-13H2,1-2H3/b17-14+. The van der Waals surface area contributed by atoms with Crippen LogP contribution in [0.25, 0.3) is 6.08 Å². The molecule has 3 nitrogen and oxygen atoms in total. The first-order chi connectivity index (χ1) is 11.2. The van der Waals surface area contributed by atoms with E-state index in [-0.39, 0.29) is 0 Å². The zero-order valence-corrected chi connectivity index (χ0v) is 14.2. The topological polar surface area (TPSA) is 23.6 Å². The third kappa shape index (κ3) is 3.49. The summed E-state index contributed by atoms with van der Waals surface area (Å²) >= 11 is 0. The molecule has 2 aliphatic rings. The highest BCUT2D eigenvalue weighted by Gasteiger charge is 2.25. The molecule has 3 heteroatoms. The highest BCUT2D eigenvalue weighted by molar-refractivity contribution is 5.80. The third-order valence-electron chi connectivity index (χ3n) is 4.84. The number of aldehydes is 1. The fraction of sp³-hybridized carbons (Fsp3) is 0.450. The molecule has 0 atom stereocenters. The number of piperidine rings is 1. The van der Waals surface area contributed by atoms with Crippen LogP contribution in [0.4, 0.5) is 5.69 Å². The van der Waals surface area contributed by atoms with Gasteiger partial charge < -0.3 is 9.80 Å². The molecule has 3 rings (SSSR count). The Morgan fingerprint density at radius 2 is 1.70 bits per heavy atom. The summed E-state index contributed by atoms with van der Waals surface area (Å²) in [5.74, 6) is 0. The van der Waals surface area contributed by atoms with Crippen LogP contribution in [0.1, 0.15) is 37.7 Å². The average molecular weight is 310 g/mol. The van der Waals surface area contributed by atoms with Crippen molar-refractivity contribution in [2.24, 2.45) is 0 Å². The van der Waals surface area contributed by atoms with Gasteiger partial charge in [0, 0.05) is 44.1 Å². The molecule has 1 fully saturated rings. The number of allylic oxidation sites excluding steroid dienone is 2. The maximum atomic E-state index is 11.5. The van der Waals surface area contributed by atoms with E-state index in [0.29, 0.717) is 0 Å². The summed E-state index contributed by atoms with van der Waals surface area (Å²) in [5, 5.41) is 0. The van der Waals surface area contributed by atoms with Crippen molar-refractivity contribution in [1.82, 2.24) is 4.90 Å². The highest BCUT2D eigenvalue weighted by atomic mass is 16.1. The van der Waals surface area contributed by atoms with Crippen molar-refractivity contribution < 1.29 is 4.79 Å². The van der Waals surface area contributed by atoms with Gasteiger partial charge in [0.25, 0.3) is 0 Å².